The van der Waals surface area contributed by atoms with Crippen LogP contribution in [0.25, 0.3) is 10.9 Å². The average Bonchev–Trinajstić information content (AvgIpc) is 2.97. The second-order valence-corrected chi connectivity index (χ2v) is 18.0. The summed E-state index contributed by atoms with van der Waals surface area (Å²) in [5, 5.41) is 2.88. The van der Waals surface area contributed by atoms with Gasteiger partial charge in [-0.15, -0.1) is 0 Å². The summed E-state index contributed by atoms with van der Waals surface area (Å²) in [5.74, 6) is 0.0478. The number of aromatic nitrogens is 3. The van der Waals surface area contributed by atoms with Crippen LogP contribution in [0.5, 0.6) is 5.88 Å². The Bertz CT molecular complexity index is 1620. The van der Waals surface area contributed by atoms with Crippen LogP contribution in [0.2, 0.25) is 10.2 Å². The Morgan fingerprint density at radius 1 is 0.933 bits per heavy atom. The standard InChI is InChI=1S/C33H41ClN4O5SSi/c1-32(2,3)43-31(40)38(18-20-41-29-27-25(22-26(34)36-29)35-30(44-7)37-28(27)39)19-21-42-45(33(4,5)6,23-14-10-8-11-15-23)24-16-12-9-13-17-24/h8-17,22H,18-21H2,1-7H3,(H,35,37,39). The maximum atomic E-state index is 13.4. The lowest BCUT2D eigenvalue weighted by Crippen LogP contribution is -2.67. The minimum absolute atomic E-state index is 0.0324. The third-order valence-corrected chi connectivity index (χ3v) is 13.0. The summed E-state index contributed by atoms with van der Waals surface area (Å²) in [7, 11) is -2.81. The topological polar surface area (TPSA) is 107 Å². The molecule has 0 aliphatic carbocycles. The Balaban J connectivity index is 1.59. The molecule has 0 atom stereocenters. The van der Waals surface area contributed by atoms with Crippen molar-refractivity contribution >= 4 is 59.0 Å². The van der Waals surface area contributed by atoms with E-state index in [2.05, 4.69) is 60.0 Å². The quantitative estimate of drug-likeness (QED) is 0.0914. The number of nitrogens with zero attached hydrogens (tertiary/aromatic N) is 3. The maximum absolute atomic E-state index is 13.4. The van der Waals surface area contributed by atoms with Gasteiger partial charge in [-0.2, -0.15) is 0 Å². The van der Waals surface area contributed by atoms with Gasteiger partial charge in [0.05, 0.1) is 18.7 Å². The summed E-state index contributed by atoms with van der Waals surface area (Å²) in [6.45, 7) is 12.8. The van der Waals surface area contributed by atoms with Crippen LogP contribution in [-0.2, 0) is 9.16 Å². The van der Waals surface area contributed by atoms with E-state index in [4.69, 9.17) is 25.5 Å². The Morgan fingerprint density at radius 2 is 1.51 bits per heavy atom. The predicted molar refractivity (Wildman–Crippen MR) is 184 cm³/mol. The van der Waals surface area contributed by atoms with Gasteiger partial charge in [0, 0.05) is 12.6 Å². The molecule has 0 aliphatic heterocycles. The molecule has 0 saturated heterocycles. The molecular formula is C33H41ClN4O5SSi. The number of H-pyrrole nitrogens is 1. The molecule has 9 nitrogen and oxygen atoms in total. The fourth-order valence-corrected chi connectivity index (χ4v) is 10.3. The van der Waals surface area contributed by atoms with E-state index in [0.29, 0.717) is 10.7 Å². The normalized spacial score (nSPS) is 12.3. The van der Waals surface area contributed by atoms with Gasteiger partial charge in [0.25, 0.3) is 13.9 Å². The van der Waals surface area contributed by atoms with Crippen LogP contribution in [0.3, 0.4) is 0 Å². The summed E-state index contributed by atoms with van der Waals surface area (Å²) in [5.41, 5.74) is -0.708. The van der Waals surface area contributed by atoms with Crippen LogP contribution < -0.4 is 20.7 Å². The van der Waals surface area contributed by atoms with E-state index in [1.54, 1.807) is 4.90 Å². The van der Waals surface area contributed by atoms with Crippen molar-refractivity contribution < 1.29 is 18.7 Å². The number of rotatable bonds is 11. The maximum Gasteiger partial charge on any atom is 0.410 e. The Hall–Kier alpha value is -3.38. The molecule has 0 radical (unpaired) electrons. The summed E-state index contributed by atoms with van der Waals surface area (Å²) in [4.78, 5) is 39.2. The first-order chi connectivity index (χ1) is 21.2. The van der Waals surface area contributed by atoms with E-state index >= 15 is 0 Å². The zero-order chi connectivity index (χ0) is 32.8. The number of carbonyl (C=O) groups is 1. The number of hydrogen-bond acceptors (Lipinski definition) is 8. The number of fused-ring (bicyclic) bond motifs is 1. The Morgan fingerprint density at radius 3 is 2.04 bits per heavy atom. The Labute approximate surface area is 274 Å². The molecule has 0 spiro atoms. The number of pyridine rings is 1. The number of aromatic amines is 1. The number of amides is 1. The van der Waals surface area contributed by atoms with Gasteiger partial charge in [0.1, 0.15) is 22.7 Å². The van der Waals surface area contributed by atoms with Crippen molar-refractivity contribution in [1.29, 1.82) is 0 Å². The number of halogens is 1. The van der Waals surface area contributed by atoms with E-state index in [0.717, 1.165) is 10.4 Å². The minimum Gasteiger partial charge on any atom is -0.475 e. The first kappa shape index (κ1) is 34.5. The van der Waals surface area contributed by atoms with Gasteiger partial charge < -0.3 is 23.8 Å². The molecule has 12 heteroatoms. The van der Waals surface area contributed by atoms with Gasteiger partial charge in [-0.1, -0.05) is 105 Å². The SMILES string of the molecule is CSc1nc2cc(Cl)nc(OCCN(CCO[Si](c3ccccc3)(c3ccccc3)C(C)(C)C)C(=O)OC(C)(C)C)c2c(=O)[nH]1. The summed E-state index contributed by atoms with van der Waals surface area (Å²) < 4.78 is 18.7. The van der Waals surface area contributed by atoms with E-state index in [1.807, 2.05) is 63.4 Å². The second-order valence-electron chi connectivity index (χ2n) is 12.5. The minimum atomic E-state index is -2.81. The lowest BCUT2D eigenvalue weighted by Gasteiger charge is -2.43. The number of hydrogen-bond donors (Lipinski definition) is 1. The largest absolute Gasteiger partial charge is 0.475 e. The second kappa shape index (κ2) is 14.4. The molecule has 0 fully saturated rings. The molecule has 0 aliphatic rings. The van der Waals surface area contributed by atoms with E-state index in [-0.39, 0.29) is 53.3 Å². The van der Waals surface area contributed by atoms with E-state index < -0.39 is 20.0 Å². The highest BCUT2D eigenvalue weighted by atomic mass is 35.5. The van der Waals surface area contributed by atoms with Crippen LogP contribution in [0.4, 0.5) is 4.79 Å². The fraction of sp³-hybridized carbons (Fsp3) is 0.394. The highest BCUT2D eigenvalue weighted by Gasteiger charge is 2.50. The summed E-state index contributed by atoms with van der Waals surface area (Å²) in [6, 6.07) is 22.2. The van der Waals surface area contributed by atoms with Gasteiger partial charge in [0.15, 0.2) is 5.16 Å². The van der Waals surface area contributed by atoms with Crippen molar-refractivity contribution in [3.8, 4) is 5.88 Å². The van der Waals surface area contributed by atoms with Gasteiger partial charge in [-0.3, -0.25) is 4.79 Å². The average molecular weight is 669 g/mol. The van der Waals surface area contributed by atoms with Gasteiger partial charge in [-0.25, -0.2) is 14.8 Å². The lowest BCUT2D eigenvalue weighted by atomic mass is 10.2. The number of thioether (sulfide) groups is 1. The molecule has 0 bridgehead atoms. The zero-order valence-corrected chi connectivity index (χ0v) is 29.4. The first-order valence-corrected chi connectivity index (χ1v) is 18.3. The third-order valence-electron chi connectivity index (χ3n) is 7.15. The highest BCUT2D eigenvalue weighted by Crippen LogP contribution is 2.36. The van der Waals surface area contributed by atoms with E-state index in [9.17, 15) is 9.59 Å². The number of ether oxygens (including phenoxy) is 2. The van der Waals surface area contributed by atoms with Crippen molar-refractivity contribution in [2.24, 2.45) is 0 Å². The number of benzene rings is 2. The third kappa shape index (κ3) is 8.26. The van der Waals surface area contributed by atoms with Gasteiger partial charge in [0.2, 0.25) is 5.88 Å². The molecule has 240 valence electrons. The molecule has 4 rings (SSSR count). The predicted octanol–water partition coefficient (Wildman–Crippen LogP) is 5.89. The summed E-state index contributed by atoms with van der Waals surface area (Å²) >= 11 is 7.55. The Kier molecular flexibility index (Phi) is 11.0. The van der Waals surface area contributed by atoms with Gasteiger partial charge >= 0.3 is 6.09 Å². The molecule has 1 N–H and O–H groups in total. The summed E-state index contributed by atoms with van der Waals surface area (Å²) in [6.07, 6.45) is 1.32. The van der Waals surface area contributed by atoms with Crippen molar-refractivity contribution in [2.45, 2.75) is 57.3 Å². The van der Waals surface area contributed by atoms with Crippen LogP contribution >= 0.6 is 23.4 Å². The molecule has 2 aromatic carbocycles. The van der Waals surface area contributed by atoms with Crippen LogP contribution in [0.1, 0.15) is 41.5 Å². The smallest absolute Gasteiger partial charge is 0.410 e. The van der Waals surface area contributed by atoms with Crippen LogP contribution in [0.15, 0.2) is 76.7 Å². The van der Waals surface area contributed by atoms with Crippen LogP contribution in [-0.4, -0.2) is 72.4 Å². The van der Waals surface area contributed by atoms with Crippen molar-refractivity contribution in [3.63, 3.8) is 0 Å². The van der Waals surface area contributed by atoms with E-state index in [1.165, 1.54) is 17.8 Å². The number of carbonyl (C=O) groups excluding carboxylic acids is 1. The molecular weight excluding hydrogens is 628 g/mol. The fourth-order valence-electron chi connectivity index (χ4n) is 5.22. The molecule has 2 aromatic heterocycles. The molecule has 0 unspecified atom stereocenters. The molecule has 1 amide bonds. The van der Waals surface area contributed by atoms with Crippen LogP contribution in [0, 0.1) is 0 Å². The first-order valence-electron chi connectivity index (χ1n) is 14.8. The molecule has 2 heterocycles. The van der Waals surface area contributed by atoms with Crippen molar-refractivity contribution in [1.82, 2.24) is 19.9 Å². The highest BCUT2D eigenvalue weighted by molar-refractivity contribution is 7.98. The molecule has 4 aromatic rings. The zero-order valence-electron chi connectivity index (χ0n) is 26.8. The molecule has 45 heavy (non-hydrogen) atoms. The van der Waals surface area contributed by atoms with Crippen molar-refractivity contribution in [2.75, 3.05) is 32.6 Å². The van der Waals surface area contributed by atoms with Gasteiger partial charge in [-0.05, 0) is 42.4 Å². The van der Waals surface area contributed by atoms with Crippen molar-refractivity contribution in [3.05, 3.63) is 82.2 Å². The molecule has 0 saturated carbocycles. The number of nitrogens with one attached hydrogen (secondary N) is 1. The monoisotopic (exact) mass is 668 g/mol. The lowest BCUT2D eigenvalue weighted by molar-refractivity contribution is 0.0198.